The Kier molecular flexibility index (Phi) is 7.50. The van der Waals surface area contributed by atoms with Crippen molar-refractivity contribution in [1.29, 1.82) is 0 Å². The molecule has 1 atom stereocenters. The van der Waals surface area contributed by atoms with Crippen molar-refractivity contribution in [3.63, 3.8) is 0 Å². The van der Waals surface area contributed by atoms with Gasteiger partial charge in [0.1, 0.15) is 6.61 Å². The summed E-state index contributed by atoms with van der Waals surface area (Å²) in [4.78, 5) is 36.2. The van der Waals surface area contributed by atoms with Gasteiger partial charge in [-0.25, -0.2) is 9.59 Å². The minimum Gasteiger partial charge on any atom is -0.463 e. The van der Waals surface area contributed by atoms with Crippen LogP contribution in [-0.4, -0.2) is 37.2 Å². The summed E-state index contributed by atoms with van der Waals surface area (Å²) in [6.45, 7) is 3.45. The number of urea groups is 1. The molecular weight excluding hydrogens is 395 g/mol. The van der Waals surface area contributed by atoms with Crippen LogP contribution < -0.4 is 10.6 Å². The maximum atomic E-state index is 12.3. The zero-order valence-electron chi connectivity index (χ0n) is 14.9. The van der Waals surface area contributed by atoms with Crippen molar-refractivity contribution in [3.8, 4) is 0 Å². The number of esters is 2. The lowest BCUT2D eigenvalue weighted by molar-refractivity contribution is -0.143. The van der Waals surface area contributed by atoms with Crippen LogP contribution in [0.15, 0.2) is 29.5 Å². The van der Waals surface area contributed by atoms with Crippen molar-refractivity contribution in [3.05, 3.63) is 45.1 Å². The maximum Gasteiger partial charge on any atom is 0.338 e. The van der Waals surface area contributed by atoms with E-state index >= 15 is 0 Å². The monoisotopic (exact) mass is 414 g/mol. The van der Waals surface area contributed by atoms with Crippen LogP contribution in [0.2, 0.25) is 10.0 Å². The number of ether oxygens (including phenoxy) is 2. The van der Waals surface area contributed by atoms with Gasteiger partial charge in [-0.1, -0.05) is 36.2 Å². The van der Waals surface area contributed by atoms with Gasteiger partial charge in [0.2, 0.25) is 0 Å². The lowest BCUT2D eigenvalue weighted by Gasteiger charge is -2.28. The lowest BCUT2D eigenvalue weighted by atomic mass is 10.0. The molecule has 1 aromatic carbocycles. The number of rotatable bonds is 7. The Hall–Kier alpha value is -2.25. The van der Waals surface area contributed by atoms with Crippen molar-refractivity contribution < 1.29 is 23.9 Å². The van der Waals surface area contributed by atoms with E-state index in [-0.39, 0.29) is 30.9 Å². The topological polar surface area (TPSA) is 93.7 Å². The molecule has 7 nitrogen and oxygen atoms in total. The SMILES string of the molecule is CCOC(=O)C1=C(COC(=O)Cc2ccc(Cl)c(Cl)c2)NC(=O)N[C@@H]1CC. The van der Waals surface area contributed by atoms with Gasteiger partial charge in [-0.2, -0.15) is 0 Å². The Labute approximate surface area is 167 Å². The molecule has 0 bridgehead atoms. The number of amides is 2. The van der Waals surface area contributed by atoms with Crippen LogP contribution in [0.4, 0.5) is 4.79 Å². The molecular formula is C18H20Cl2N2O5. The molecule has 1 heterocycles. The Morgan fingerprint density at radius 1 is 1.15 bits per heavy atom. The molecule has 0 aliphatic carbocycles. The van der Waals surface area contributed by atoms with Crippen LogP contribution in [0.1, 0.15) is 25.8 Å². The molecule has 2 amide bonds. The molecule has 0 saturated heterocycles. The van der Waals surface area contributed by atoms with Crippen LogP contribution in [0.3, 0.4) is 0 Å². The molecule has 146 valence electrons. The number of nitrogens with one attached hydrogen (secondary N) is 2. The predicted octanol–water partition coefficient (Wildman–Crippen LogP) is 2.99. The van der Waals surface area contributed by atoms with Crippen LogP contribution in [-0.2, 0) is 25.5 Å². The highest BCUT2D eigenvalue weighted by Crippen LogP contribution is 2.23. The standard InChI is InChI=1S/C18H20Cl2N2O5/c1-3-13-16(17(24)26-4-2)14(22-18(25)21-13)9-27-15(23)8-10-5-6-11(19)12(20)7-10/h5-7,13H,3-4,8-9H2,1-2H3,(H2,21,22,25)/t13-/m1/s1. The summed E-state index contributed by atoms with van der Waals surface area (Å²) in [5.41, 5.74) is 1.10. The van der Waals surface area contributed by atoms with E-state index in [0.29, 0.717) is 22.0 Å². The Balaban J connectivity index is 2.11. The third kappa shape index (κ3) is 5.61. The largest absolute Gasteiger partial charge is 0.463 e. The Morgan fingerprint density at radius 2 is 1.89 bits per heavy atom. The summed E-state index contributed by atoms with van der Waals surface area (Å²) >= 11 is 11.8. The van der Waals surface area contributed by atoms with Gasteiger partial charge in [0, 0.05) is 0 Å². The van der Waals surface area contributed by atoms with Crippen LogP contribution in [0.5, 0.6) is 0 Å². The van der Waals surface area contributed by atoms with Crippen LogP contribution >= 0.6 is 23.2 Å². The maximum absolute atomic E-state index is 12.3. The predicted molar refractivity (Wildman–Crippen MR) is 101 cm³/mol. The fourth-order valence-corrected chi connectivity index (χ4v) is 2.92. The number of hydrogen-bond donors (Lipinski definition) is 2. The molecule has 0 fully saturated rings. The molecule has 0 radical (unpaired) electrons. The fourth-order valence-electron chi connectivity index (χ4n) is 2.60. The number of hydrogen-bond acceptors (Lipinski definition) is 5. The molecule has 1 aromatic rings. The quantitative estimate of drug-likeness (QED) is 0.668. The second-order valence-corrected chi connectivity index (χ2v) is 6.57. The minimum atomic E-state index is -0.563. The highest BCUT2D eigenvalue weighted by molar-refractivity contribution is 6.42. The van der Waals surface area contributed by atoms with Gasteiger partial charge in [0.15, 0.2) is 0 Å². The van der Waals surface area contributed by atoms with Crippen molar-refractivity contribution in [1.82, 2.24) is 10.6 Å². The summed E-state index contributed by atoms with van der Waals surface area (Å²) in [5.74, 6) is -1.10. The molecule has 2 N–H and O–H groups in total. The summed E-state index contributed by atoms with van der Waals surface area (Å²) in [6, 6.07) is 3.85. The zero-order valence-corrected chi connectivity index (χ0v) is 16.4. The third-order valence-electron chi connectivity index (χ3n) is 3.86. The van der Waals surface area contributed by atoms with Crippen molar-refractivity contribution >= 4 is 41.2 Å². The highest BCUT2D eigenvalue weighted by atomic mass is 35.5. The van der Waals surface area contributed by atoms with Gasteiger partial charge in [-0.05, 0) is 31.0 Å². The number of benzene rings is 1. The normalized spacial score (nSPS) is 16.4. The van der Waals surface area contributed by atoms with Gasteiger partial charge in [-0.15, -0.1) is 0 Å². The second-order valence-electron chi connectivity index (χ2n) is 5.76. The van der Waals surface area contributed by atoms with E-state index in [4.69, 9.17) is 32.7 Å². The van der Waals surface area contributed by atoms with E-state index < -0.39 is 24.0 Å². The van der Waals surface area contributed by atoms with Crippen molar-refractivity contribution in [2.75, 3.05) is 13.2 Å². The van der Waals surface area contributed by atoms with Crippen LogP contribution in [0.25, 0.3) is 0 Å². The average Bonchev–Trinajstić information content (AvgIpc) is 2.62. The first-order valence-corrected chi connectivity index (χ1v) is 9.18. The molecule has 2 rings (SSSR count). The molecule has 1 aliphatic rings. The second kappa shape index (κ2) is 9.62. The molecule has 0 spiro atoms. The zero-order chi connectivity index (χ0) is 20.0. The molecule has 1 aliphatic heterocycles. The molecule has 27 heavy (non-hydrogen) atoms. The van der Waals surface area contributed by atoms with Gasteiger partial charge in [-0.3, -0.25) is 4.79 Å². The number of carbonyl (C=O) groups is 3. The fraction of sp³-hybridized carbons (Fsp3) is 0.389. The van der Waals surface area contributed by atoms with Gasteiger partial charge in [0.05, 0.1) is 40.4 Å². The van der Waals surface area contributed by atoms with Crippen molar-refractivity contribution in [2.24, 2.45) is 0 Å². The molecule has 0 aromatic heterocycles. The Morgan fingerprint density at radius 3 is 2.52 bits per heavy atom. The minimum absolute atomic E-state index is 0.0255. The van der Waals surface area contributed by atoms with E-state index in [1.54, 1.807) is 25.1 Å². The first-order chi connectivity index (χ1) is 12.8. The summed E-state index contributed by atoms with van der Waals surface area (Å²) in [7, 11) is 0. The summed E-state index contributed by atoms with van der Waals surface area (Å²) in [5, 5.41) is 5.90. The van der Waals surface area contributed by atoms with E-state index in [2.05, 4.69) is 10.6 Å². The van der Waals surface area contributed by atoms with Gasteiger partial charge in [0.25, 0.3) is 0 Å². The summed E-state index contributed by atoms with van der Waals surface area (Å²) < 4.78 is 10.3. The van der Waals surface area contributed by atoms with Gasteiger partial charge < -0.3 is 20.1 Å². The molecule has 0 unspecified atom stereocenters. The number of halogens is 2. The van der Waals surface area contributed by atoms with E-state index in [0.717, 1.165) is 0 Å². The van der Waals surface area contributed by atoms with E-state index in [9.17, 15) is 14.4 Å². The van der Waals surface area contributed by atoms with E-state index in [1.165, 1.54) is 0 Å². The third-order valence-corrected chi connectivity index (χ3v) is 4.60. The van der Waals surface area contributed by atoms with E-state index in [1.807, 2.05) is 6.92 Å². The van der Waals surface area contributed by atoms with Gasteiger partial charge >= 0.3 is 18.0 Å². The highest BCUT2D eigenvalue weighted by Gasteiger charge is 2.31. The van der Waals surface area contributed by atoms with Crippen molar-refractivity contribution in [2.45, 2.75) is 32.7 Å². The van der Waals surface area contributed by atoms with Crippen LogP contribution in [0, 0.1) is 0 Å². The summed E-state index contributed by atoms with van der Waals surface area (Å²) in [6.07, 6.45) is 0.463. The average molecular weight is 415 g/mol. The lowest BCUT2D eigenvalue weighted by Crippen LogP contribution is -2.51. The first kappa shape index (κ1) is 21.1. The Bertz CT molecular complexity index is 779. The molecule has 9 heteroatoms. The number of carbonyl (C=O) groups excluding carboxylic acids is 3. The first-order valence-electron chi connectivity index (χ1n) is 8.42. The molecule has 0 saturated carbocycles. The smallest absolute Gasteiger partial charge is 0.338 e.